The number of carboxylic acids is 1. The predicted octanol–water partition coefficient (Wildman–Crippen LogP) is 3.90. The van der Waals surface area contributed by atoms with E-state index in [4.69, 9.17) is 4.43 Å². The molecule has 0 saturated carbocycles. The summed E-state index contributed by atoms with van der Waals surface area (Å²) < 4.78 is 6.52. The molecule has 9 heteroatoms. The van der Waals surface area contributed by atoms with Crippen LogP contribution in [0.1, 0.15) is 40.3 Å². The van der Waals surface area contributed by atoms with E-state index in [9.17, 15) is 19.8 Å². The fourth-order valence-corrected chi connectivity index (χ4v) is 6.84. The largest absolute Gasteiger partial charge is 0.477 e. The molecule has 7 nitrogen and oxygen atoms in total. The van der Waals surface area contributed by atoms with Crippen LogP contribution in [-0.2, 0) is 20.4 Å². The molecule has 3 rings (SSSR count). The molecule has 182 valence electrons. The number of hydrogen-bond acceptors (Lipinski definition) is 6. The number of aliphatic hydroxyl groups excluding tert-OH is 1. The van der Waals surface area contributed by atoms with Gasteiger partial charge in [0.25, 0.3) is 0 Å². The number of carboxylic acid groups (broad SMARTS) is 1. The molecular weight excluding hydrogens is 456 g/mol. The van der Waals surface area contributed by atoms with Crippen molar-refractivity contribution in [2.45, 2.75) is 76.6 Å². The van der Waals surface area contributed by atoms with Crippen molar-refractivity contribution in [1.82, 2.24) is 9.88 Å². The molecule has 0 bridgehead atoms. The summed E-state index contributed by atoms with van der Waals surface area (Å²) >= 11 is 1.49. The molecule has 1 fully saturated rings. The third kappa shape index (κ3) is 5.06. The summed E-state index contributed by atoms with van der Waals surface area (Å²) in [5.41, 5.74) is 0.968. The number of β-lactam (4-membered cyclic amide) rings is 1. The van der Waals surface area contributed by atoms with Crippen LogP contribution in [-0.4, -0.2) is 64.3 Å². The summed E-state index contributed by atoms with van der Waals surface area (Å²) in [7, 11) is -2.01. The maximum Gasteiger partial charge on any atom is 0.353 e. The number of aliphatic hydroxyl groups is 1. The van der Waals surface area contributed by atoms with E-state index in [0.717, 1.165) is 5.69 Å². The number of nitrogens with zero attached hydrogens (tertiary/aromatic N) is 2. The van der Waals surface area contributed by atoms with Gasteiger partial charge in [0.2, 0.25) is 5.91 Å². The third-order valence-electron chi connectivity index (χ3n) is 7.20. The fraction of sp³-hybridized carbons (Fsp3) is 0.625. The first-order valence-electron chi connectivity index (χ1n) is 11.5. The van der Waals surface area contributed by atoms with Crippen molar-refractivity contribution in [2.75, 3.05) is 6.61 Å². The van der Waals surface area contributed by atoms with Crippen LogP contribution in [0, 0.1) is 11.8 Å². The summed E-state index contributed by atoms with van der Waals surface area (Å²) in [6.07, 6.45) is 1.57. The monoisotopic (exact) mass is 492 g/mol. The van der Waals surface area contributed by atoms with Gasteiger partial charge < -0.3 is 19.5 Å². The molecule has 2 aliphatic heterocycles. The van der Waals surface area contributed by atoms with Gasteiger partial charge in [-0.25, -0.2) is 4.79 Å². The lowest BCUT2D eigenvalue weighted by molar-refractivity contribution is -0.163. The van der Waals surface area contributed by atoms with Gasteiger partial charge in [0.05, 0.1) is 18.1 Å². The van der Waals surface area contributed by atoms with Gasteiger partial charge in [0.15, 0.2) is 8.32 Å². The molecule has 1 amide bonds. The lowest BCUT2D eigenvalue weighted by atomic mass is 9.79. The van der Waals surface area contributed by atoms with Gasteiger partial charge in [-0.2, -0.15) is 0 Å². The molecule has 2 aliphatic rings. The Bertz CT molecular complexity index is 929. The molecule has 1 aromatic heterocycles. The van der Waals surface area contributed by atoms with Crippen molar-refractivity contribution in [2.24, 2.45) is 11.8 Å². The number of carbonyl (C=O) groups excluding carboxylic acids is 1. The number of aromatic nitrogens is 1. The highest BCUT2D eigenvalue weighted by Crippen LogP contribution is 2.51. The molecule has 1 saturated heterocycles. The van der Waals surface area contributed by atoms with Crippen LogP contribution in [0.5, 0.6) is 0 Å². The van der Waals surface area contributed by atoms with Gasteiger partial charge in [-0.05, 0) is 37.2 Å². The van der Waals surface area contributed by atoms with Gasteiger partial charge in [0, 0.05) is 41.0 Å². The lowest BCUT2D eigenvalue weighted by Gasteiger charge is -2.46. The Morgan fingerprint density at radius 2 is 2.00 bits per heavy atom. The molecule has 5 atom stereocenters. The van der Waals surface area contributed by atoms with Gasteiger partial charge >= 0.3 is 5.97 Å². The standard InChI is InChI=1S/C24H36N2O5SSi/c1-14-19-18(15(2)27)22(28)26(19)20(23(29)30)21(14)32-17(12-16-10-8-9-11-25-16)13-31-33(6,7)24(3,4)5/h8-11,14-15,17-19,27H,12-13H2,1-7H3,(H,29,30)/t14-,15-,17?,18-,19-/m1/s1. The van der Waals surface area contributed by atoms with E-state index in [1.54, 1.807) is 13.1 Å². The molecule has 3 heterocycles. The normalized spacial score (nSPS) is 25.0. The average molecular weight is 493 g/mol. The quantitative estimate of drug-likeness (QED) is 0.398. The Labute approximate surface area is 201 Å². The van der Waals surface area contributed by atoms with Gasteiger partial charge in [-0.15, -0.1) is 11.8 Å². The highest BCUT2D eigenvalue weighted by atomic mass is 32.2. The number of pyridine rings is 1. The Hall–Kier alpha value is -1.68. The van der Waals surface area contributed by atoms with Crippen molar-refractivity contribution in [3.05, 3.63) is 40.7 Å². The highest BCUT2D eigenvalue weighted by molar-refractivity contribution is 8.03. The summed E-state index contributed by atoms with van der Waals surface area (Å²) in [5, 5.41) is 20.1. The first-order chi connectivity index (χ1) is 15.3. The van der Waals surface area contributed by atoms with E-state index < -0.39 is 26.3 Å². The third-order valence-corrected chi connectivity index (χ3v) is 13.2. The zero-order valence-electron chi connectivity index (χ0n) is 20.5. The smallest absolute Gasteiger partial charge is 0.353 e. The fourth-order valence-electron chi connectivity index (χ4n) is 4.26. The Balaban J connectivity index is 1.89. The van der Waals surface area contributed by atoms with Gasteiger partial charge in [-0.1, -0.05) is 33.8 Å². The predicted molar refractivity (Wildman–Crippen MR) is 132 cm³/mol. The van der Waals surface area contributed by atoms with E-state index in [2.05, 4.69) is 38.8 Å². The van der Waals surface area contributed by atoms with Gasteiger partial charge in [0.1, 0.15) is 5.70 Å². The SMILES string of the molecule is C[C@@H](O)[C@H]1C(=O)N2C(C(=O)O)=C(SC(CO[Si](C)(C)C(C)(C)C)Cc3ccccn3)[C@H](C)[C@H]12. The topological polar surface area (TPSA) is 100.0 Å². The lowest BCUT2D eigenvalue weighted by Crippen LogP contribution is -2.63. The van der Waals surface area contributed by atoms with Crippen molar-refractivity contribution in [3.63, 3.8) is 0 Å². The summed E-state index contributed by atoms with van der Waals surface area (Å²) in [6, 6.07) is 5.46. The van der Waals surface area contributed by atoms with Crippen molar-refractivity contribution in [3.8, 4) is 0 Å². The first-order valence-corrected chi connectivity index (χ1v) is 15.2. The van der Waals surface area contributed by atoms with Crippen LogP contribution < -0.4 is 0 Å². The number of carbonyl (C=O) groups is 2. The molecule has 0 radical (unpaired) electrons. The molecule has 0 spiro atoms. The number of fused-ring (bicyclic) bond motifs is 1. The molecule has 1 aromatic rings. The van der Waals surface area contributed by atoms with Crippen molar-refractivity contribution in [1.29, 1.82) is 0 Å². The minimum atomic E-state index is -2.01. The van der Waals surface area contributed by atoms with E-state index >= 15 is 0 Å². The second-order valence-electron chi connectivity index (χ2n) is 10.6. The average Bonchev–Trinajstić information content (AvgIpc) is 2.94. The van der Waals surface area contributed by atoms with Crippen molar-refractivity contribution < 1.29 is 24.2 Å². The van der Waals surface area contributed by atoms with E-state index in [-0.39, 0.29) is 33.9 Å². The van der Waals surface area contributed by atoms with E-state index in [1.165, 1.54) is 16.7 Å². The van der Waals surface area contributed by atoms with Crippen molar-refractivity contribution >= 4 is 32.0 Å². The maximum absolute atomic E-state index is 12.7. The molecule has 0 aliphatic carbocycles. The van der Waals surface area contributed by atoms with Crippen LogP contribution in [0.3, 0.4) is 0 Å². The minimum Gasteiger partial charge on any atom is -0.477 e. The molecule has 2 N–H and O–H groups in total. The first kappa shape index (κ1) is 25.9. The summed E-state index contributed by atoms with van der Waals surface area (Å²) in [5.74, 6) is -2.15. The second-order valence-corrected chi connectivity index (χ2v) is 16.8. The zero-order valence-corrected chi connectivity index (χ0v) is 22.3. The number of aliphatic carboxylic acids is 1. The van der Waals surface area contributed by atoms with Crippen LogP contribution in [0.2, 0.25) is 18.1 Å². The molecule has 0 aromatic carbocycles. The Morgan fingerprint density at radius 1 is 1.33 bits per heavy atom. The summed E-state index contributed by atoms with van der Waals surface area (Å²) in [6.45, 7) is 15.0. The van der Waals surface area contributed by atoms with Crippen LogP contribution in [0.15, 0.2) is 35.0 Å². The Kier molecular flexibility index (Phi) is 7.48. The number of amides is 1. The number of rotatable bonds is 9. The zero-order chi connectivity index (χ0) is 24.7. The van der Waals surface area contributed by atoms with Gasteiger partial charge in [-0.3, -0.25) is 9.78 Å². The minimum absolute atomic E-state index is 0.0535. The second kappa shape index (κ2) is 9.52. The molecular formula is C24H36N2O5SSi. The summed E-state index contributed by atoms with van der Waals surface area (Å²) in [4.78, 5) is 31.4. The Morgan fingerprint density at radius 3 is 2.52 bits per heavy atom. The van der Waals surface area contributed by atoms with E-state index in [1.807, 2.05) is 25.1 Å². The highest BCUT2D eigenvalue weighted by Gasteiger charge is 2.60. The van der Waals surface area contributed by atoms with Crippen LogP contribution in [0.25, 0.3) is 0 Å². The van der Waals surface area contributed by atoms with E-state index in [0.29, 0.717) is 17.9 Å². The van der Waals surface area contributed by atoms with Crippen LogP contribution >= 0.6 is 11.8 Å². The molecule has 1 unspecified atom stereocenters. The number of hydrogen-bond donors (Lipinski definition) is 2. The maximum atomic E-state index is 12.7. The van der Waals surface area contributed by atoms with Crippen LogP contribution in [0.4, 0.5) is 0 Å². The number of thioether (sulfide) groups is 1. The molecule has 33 heavy (non-hydrogen) atoms.